The third-order valence-electron chi connectivity index (χ3n) is 2.26. The van der Waals surface area contributed by atoms with Crippen molar-refractivity contribution in [1.29, 1.82) is 0 Å². The Kier molecular flexibility index (Phi) is 3.58. The highest BCUT2D eigenvalue weighted by atomic mass is 35.5. The molecule has 6 heteroatoms. The molecule has 0 aliphatic heterocycles. The smallest absolute Gasteiger partial charge is 0.168 e. The SMILES string of the molecule is CCC(O)Cn1ncnc1-c1ccc(Cl)s1. The number of hydrogen-bond donors (Lipinski definition) is 1. The molecule has 0 aromatic carbocycles. The minimum absolute atomic E-state index is 0.393. The van der Waals surface area contributed by atoms with Crippen LogP contribution in [0.3, 0.4) is 0 Å². The van der Waals surface area contributed by atoms with Crippen molar-refractivity contribution < 1.29 is 5.11 Å². The molecule has 0 bridgehead atoms. The number of aromatic nitrogens is 3. The average molecular weight is 258 g/mol. The van der Waals surface area contributed by atoms with Gasteiger partial charge < -0.3 is 5.11 Å². The first-order chi connectivity index (χ1) is 7.70. The molecule has 2 rings (SSSR count). The van der Waals surface area contributed by atoms with Crippen LogP contribution in [0.25, 0.3) is 10.7 Å². The molecule has 4 nitrogen and oxygen atoms in total. The van der Waals surface area contributed by atoms with Crippen molar-refractivity contribution in [3.05, 3.63) is 22.8 Å². The van der Waals surface area contributed by atoms with E-state index >= 15 is 0 Å². The molecule has 16 heavy (non-hydrogen) atoms. The molecule has 0 aliphatic carbocycles. The van der Waals surface area contributed by atoms with Gasteiger partial charge in [-0.2, -0.15) is 5.10 Å². The van der Waals surface area contributed by atoms with E-state index in [-0.39, 0.29) is 0 Å². The first-order valence-electron chi connectivity index (χ1n) is 5.02. The van der Waals surface area contributed by atoms with Crippen LogP contribution in [0.2, 0.25) is 4.34 Å². The van der Waals surface area contributed by atoms with E-state index < -0.39 is 6.10 Å². The maximum atomic E-state index is 9.60. The second kappa shape index (κ2) is 4.95. The molecule has 0 saturated carbocycles. The van der Waals surface area contributed by atoms with Gasteiger partial charge in [0, 0.05) is 0 Å². The lowest BCUT2D eigenvalue weighted by molar-refractivity contribution is 0.146. The van der Waals surface area contributed by atoms with Crippen molar-refractivity contribution in [1.82, 2.24) is 14.8 Å². The van der Waals surface area contributed by atoms with Gasteiger partial charge in [-0.1, -0.05) is 18.5 Å². The fraction of sp³-hybridized carbons (Fsp3) is 0.400. The monoisotopic (exact) mass is 257 g/mol. The zero-order valence-corrected chi connectivity index (χ0v) is 10.4. The van der Waals surface area contributed by atoms with Crippen molar-refractivity contribution in [3.63, 3.8) is 0 Å². The molecule has 0 saturated heterocycles. The molecule has 2 aromatic rings. The van der Waals surface area contributed by atoms with Gasteiger partial charge in [0.25, 0.3) is 0 Å². The average Bonchev–Trinajstić information content (AvgIpc) is 2.86. The summed E-state index contributed by atoms with van der Waals surface area (Å²) in [4.78, 5) is 5.14. The van der Waals surface area contributed by atoms with Crippen LogP contribution >= 0.6 is 22.9 Å². The van der Waals surface area contributed by atoms with E-state index in [2.05, 4.69) is 10.1 Å². The Balaban J connectivity index is 2.25. The number of nitrogens with zero attached hydrogens (tertiary/aromatic N) is 3. The van der Waals surface area contributed by atoms with Crippen molar-refractivity contribution >= 4 is 22.9 Å². The van der Waals surface area contributed by atoms with Crippen LogP contribution in [-0.4, -0.2) is 26.0 Å². The minimum Gasteiger partial charge on any atom is -0.391 e. The molecule has 86 valence electrons. The lowest BCUT2D eigenvalue weighted by atomic mass is 10.3. The van der Waals surface area contributed by atoms with Crippen molar-refractivity contribution in [2.45, 2.75) is 26.0 Å². The van der Waals surface area contributed by atoms with Gasteiger partial charge in [0.15, 0.2) is 5.82 Å². The van der Waals surface area contributed by atoms with Gasteiger partial charge in [-0.15, -0.1) is 11.3 Å². The van der Waals surface area contributed by atoms with Crippen molar-refractivity contribution in [2.24, 2.45) is 0 Å². The van der Waals surface area contributed by atoms with Gasteiger partial charge in [0.1, 0.15) is 6.33 Å². The Morgan fingerprint density at radius 2 is 2.38 bits per heavy atom. The maximum absolute atomic E-state index is 9.60. The van der Waals surface area contributed by atoms with Gasteiger partial charge in [-0.25, -0.2) is 9.67 Å². The Morgan fingerprint density at radius 3 is 3.00 bits per heavy atom. The molecule has 1 atom stereocenters. The van der Waals surface area contributed by atoms with Crippen LogP contribution in [0.5, 0.6) is 0 Å². The van der Waals surface area contributed by atoms with E-state index in [1.165, 1.54) is 17.7 Å². The fourth-order valence-electron chi connectivity index (χ4n) is 1.35. The van der Waals surface area contributed by atoms with E-state index in [0.29, 0.717) is 13.0 Å². The van der Waals surface area contributed by atoms with Crippen LogP contribution in [0.1, 0.15) is 13.3 Å². The number of hydrogen-bond acceptors (Lipinski definition) is 4. The summed E-state index contributed by atoms with van der Waals surface area (Å²) in [7, 11) is 0. The quantitative estimate of drug-likeness (QED) is 0.915. The summed E-state index contributed by atoms with van der Waals surface area (Å²) in [5, 5.41) is 13.7. The molecule has 0 amide bonds. The minimum atomic E-state index is -0.393. The highest BCUT2D eigenvalue weighted by Gasteiger charge is 2.12. The first kappa shape index (κ1) is 11.6. The van der Waals surface area contributed by atoms with Gasteiger partial charge in [0.2, 0.25) is 0 Å². The predicted octanol–water partition coefficient (Wildman–Crippen LogP) is 2.43. The summed E-state index contributed by atoms with van der Waals surface area (Å²) in [6, 6.07) is 3.74. The highest BCUT2D eigenvalue weighted by molar-refractivity contribution is 7.19. The van der Waals surface area contributed by atoms with E-state index in [4.69, 9.17) is 11.6 Å². The van der Waals surface area contributed by atoms with Crippen LogP contribution in [-0.2, 0) is 6.54 Å². The van der Waals surface area contributed by atoms with Crippen LogP contribution in [0.4, 0.5) is 0 Å². The summed E-state index contributed by atoms with van der Waals surface area (Å²) in [6.45, 7) is 2.39. The van der Waals surface area contributed by atoms with Crippen molar-refractivity contribution in [2.75, 3.05) is 0 Å². The lowest BCUT2D eigenvalue weighted by Crippen LogP contribution is -2.16. The highest BCUT2D eigenvalue weighted by Crippen LogP contribution is 2.29. The van der Waals surface area contributed by atoms with E-state index in [1.54, 1.807) is 4.68 Å². The van der Waals surface area contributed by atoms with Crippen LogP contribution < -0.4 is 0 Å². The molecule has 2 aromatic heterocycles. The third kappa shape index (κ3) is 2.42. The Labute approximate surface area is 103 Å². The summed E-state index contributed by atoms with van der Waals surface area (Å²) in [5.74, 6) is 0.754. The number of aliphatic hydroxyl groups is 1. The number of thiophene rings is 1. The molecule has 0 radical (unpaired) electrons. The lowest BCUT2D eigenvalue weighted by Gasteiger charge is -2.08. The molecule has 0 fully saturated rings. The summed E-state index contributed by atoms with van der Waals surface area (Å²) in [5.41, 5.74) is 0. The predicted molar refractivity (Wildman–Crippen MR) is 64.6 cm³/mol. The maximum Gasteiger partial charge on any atom is 0.168 e. The standard InChI is InChI=1S/C10H12ClN3OS/c1-2-7(15)5-14-10(12-6-13-14)8-3-4-9(11)16-8/h3-4,6-7,15H,2,5H2,1H3. The van der Waals surface area contributed by atoms with Gasteiger partial charge in [-0.05, 0) is 18.6 Å². The fourth-order valence-corrected chi connectivity index (χ4v) is 2.40. The first-order valence-corrected chi connectivity index (χ1v) is 6.21. The zero-order valence-electron chi connectivity index (χ0n) is 8.80. The number of aliphatic hydroxyl groups excluding tert-OH is 1. The number of halogens is 1. The Morgan fingerprint density at radius 1 is 1.56 bits per heavy atom. The summed E-state index contributed by atoms with van der Waals surface area (Å²) >= 11 is 7.33. The summed E-state index contributed by atoms with van der Waals surface area (Å²) < 4.78 is 2.43. The molecular weight excluding hydrogens is 246 g/mol. The van der Waals surface area contributed by atoms with Crippen molar-refractivity contribution in [3.8, 4) is 10.7 Å². The van der Waals surface area contributed by atoms with E-state index in [1.807, 2.05) is 19.1 Å². The van der Waals surface area contributed by atoms with E-state index in [9.17, 15) is 5.11 Å². The molecule has 1 N–H and O–H groups in total. The number of rotatable bonds is 4. The molecule has 1 unspecified atom stereocenters. The molecule has 2 heterocycles. The Hall–Kier alpha value is -0.910. The molecule has 0 aliphatic rings. The van der Waals surface area contributed by atoms with E-state index in [0.717, 1.165) is 15.0 Å². The Bertz CT molecular complexity index is 468. The second-order valence-electron chi connectivity index (χ2n) is 3.43. The zero-order chi connectivity index (χ0) is 11.5. The third-order valence-corrected chi connectivity index (χ3v) is 3.49. The molecular formula is C10H12ClN3OS. The topological polar surface area (TPSA) is 50.9 Å². The van der Waals surface area contributed by atoms with Gasteiger partial charge in [0.05, 0.1) is 21.9 Å². The van der Waals surface area contributed by atoms with Crippen LogP contribution in [0.15, 0.2) is 18.5 Å². The summed E-state index contributed by atoms with van der Waals surface area (Å²) in [6.07, 6.45) is 1.80. The normalized spacial score (nSPS) is 12.9. The largest absolute Gasteiger partial charge is 0.391 e. The van der Waals surface area contributed by atoms with Gasteiger partial charge >= 0.3 is 0 Å². The van der Waals surface area contributed by atoms with Gasteiger partial charge in [-0.3, -0.25) is 0 Å². The van der Waals surface area contributed by atoms with Crippen LogP contribution in [0, 0.1) is 0 Å². The molecule has 0 spiro atoms. The second-order valence-corrected chi connectivity index (χ2v) is 5.15.